The molecule has 0 unspecified atom stereocenters. The summed E-state index contributed by atoms with van der Waals surface area (Å²) >= 11 is 0. The second-order valence-corrected chi connectivity index (χ2v) is 11.8. The first kappa shape index (κ1) is 25.3. The van der Waals surface area contributed by atoms with Gasteiger partial charge in [-0.15, -0.1) is 0 Å². The van der Waals surface area contributed by atoms with Gasteiger partial charge in [0.2, 0.25) is 0 Å². The first-order valence-corrected chi connectivity index (χ1v) is 13.1. The molecule has 25 heavy (non-hydrogen) atoms. The van der Waals surface area contributed by atoms with E-state index in [1.54, 1.807) is 0 Å². The van der Waals surface area contributed by atoms with Crippen molar-refractivity contribution in [2.24, 2.45) is 0 Å². The fourth-order valence-corrected chi connectivity index (χ4v) is 8.53. The van der Waals surface area contributed by atoms with Crippen LogP contribution < -0.4 is 0 Å². The van der Waals surface area contributed by atoms with Gasteiger partial charge in [0, 0.05) is 33.7 Å². The SMILES string of the molecule is OCCCCC[P+](CCCCCO)(CCCCCO)CCCCCO. The van der Waals surface area contributed by atoms with Gasteiger partial charge in [-0.3, -0.25) is 0 Å². The zero-order chi connectivity index (χ0) is 18.6. The highest BCUT2D eigenvalue weighted by Crippen LogP contribution is 2.61. The zero-order valence-electron chi connectivity index (χ0n) is 16.4. The highest BCUT2D eigenvalue weighted by molar-refractivity contribution is 7.75. The Bertz CT molecular complexity index is 211. The summed E-state index contributed by atoms with van der Waals surface area (Å²) in [5.74, 6) is 0. The molecular formula is C20H44O4P+. The van der Waals surface area contributed by atoms with E-state index in [1.807, 2.05) is 0 Å². The molecule has 0 aromatic heterocycles. The van der Waals surface area contributed by atoms with E-state index in [4.69, 9.17) is 20.4 Å². The molecule has 0 aromatic carbocycles. The van der Waals surface area contributed by atoms with Crippen molar-refractivity contribution in [3.8, 4) is 0 Å². The topological polar surface area (TPSA) is 80.9 Å². The van der Waals surface area contributed by atoms with E-state index in [0.717, 1.165) is 51.4 Å². The maximum atomic E-state index is 9.04. The summed E-state index contributed by atoms with van der Waals surface area (Å²) in [6.45, 7) is 1.20. The molecule has 0 saturated heterocycles. The Kier molecular flexibility index (Phi) is 19.2. The van der Waals surface area contributed by atoms with E-state index in [1.165, 1.54) is 50.3 Å². The van der Waals surface area contributed by atoms with E-state index in [2.05, 4.69) is 0 Å². The van der Waals surface area contributed by atoms with Crippen molar-refractivity contribution in [1.82, 2.24) is 0 Å². The van der Waals surface area contributed by atoms with Crippen molar-refractivity contribution in [2.45, 2.75) is 77.0 Å². The summed E-state index contributed by atoms with van der Waals surface area (Å²) < 4.78 is 0. The Labute approximate surface area is 156 Å². The first-order valence-electron chi connectivity index (χ1n) is 10.5. The quantitative estimate of drug-likeness (QED) is 0.192. The number of aliphatic hydroxyl groups excluding tert-OH is 4. The van der Waals surface area contributed by atoms with Crippen LogP contribution in [0.15, 0.2) is 0 Å². The van der Waals surface area contributed by atoms with Crippen LogP contribution in [-0.2, 0) is 0 Å². The molecule has 0 heterocycles. The molecule has 4 nitrogen and oxygen atoms in total. The van der Waals surface area contributed by atoms with Crippen molar-refractivity contribution in [3.63, 3.8) is 0 Å². The molecule has 0 amide bonds. The summed E-state index contributed by atoms with van der Waals surface area (Å²) in [5, 5.41) is 36.1. The summed E-state index contributed by atoms with van der Waals surface area (Å²) in [7, 11) is -0.983. The van der Waals surface area contributed by atoms with E-state index in [9.17, 15) is 0 Å². The fraction of sp³-hybridized carbons (Fsp3) is 1.00. The minimum absolute atomic E-state index is 0.301. The predicted molar refractivity (Wildman–Crippen MR) is 110 cm³/mol. The van der Waals surface area contributed by atoms with Crippen molar-refractivity contribution in [2.75, 3.05) is 51.1 Å². The molecule has 4 N–H and O–H groups in total. The number of unbranched alkanes of at least 4 members (excludes halogenated alkanes) is 8. The highest BCUT2D eigenvalue weighted by atomic mass is 31.2. The Morgan fingerprint density at radius 2 is 0.560 bits per heavy atom. The second-order valence-electron chi connectivity index (χ2n) is 7.37. The lowest BCUT2D eigenvalue weighted by atomic mass is 10.2. The molecule has 0 aliphatic heterocycles. The van der Waals surface area contributed by atoms with Gasteiger partial charge in [-0.05, 0) is 77.0 Å². The van der Waals surface area contributed by atoms with E-state index in [0.29, 0.717) is 26.4 Å². The molecule has 152 valence electrons. The number of hydrogen-bond donors (Lipinski definition) is 4. The Morgan fingerprint density at radius 3 is 0.760 bits per heavy atom. The van der Waals surface area contributed by atoms with E-state index in [-0.39, 0.29) is 0 Å². The lowest BCUT2D eigenvalue weighted by Gasteiger charge is -2.28. The molecule has 0 radical (unpaired) electrons. The Morgan fingerprint density at radius 1 is 0.320 bits per heavy atom. The second kappa shape index (κ2) is 19.0. The minimum atomic E-state index is -0.983. The van der Waals surface area contributed by atoms with Crippen LogP contribution in [0.5, 0.6) is 0 Å². The van der Waals surface area contributed by atoms with Crippen LogP contribution >= 0.6 is 7.26 Å². The van der Waals surface area contributed by atoms with Gasteiger partial charge in [-0.1, -0.05) is 0 Å². The van der Waals surface area contributed by atoms with Crippen molar-refractivity contribution < 1.29 is 20.4 Å². The van der Waals surface area contributed by atoms with Crippen LogP contribution in [0.2, 0.25) is 0 Å². The van der Waals surface area contributed by atoms with Crippen molar-refractivity contribution in [1.29, 1.82) is 0 Å². The third-order valence-corrected chi connectivity index (χ3v) is 10.2. The van der Waals surface area contributed by atoms with Crippen molar-refractivity contribution in [3.05, 3.63) is 0 Å². The van der Waals surface area contributed by atoms with Gasteiger partial charge in [-0.25, -0.2) is 0 Å². The van der Waals surface area contributed by atoms with Crippen LogP contribution in [0.1, 0.15) is 77.0 Å². The first-order chi connectivity index (χ1) is 12.2. The normalized spacial score (nSPS) is 12.0. The molecular weight excluding hydrogens is 335 g/mol. The number of rotatable bonds is 20. The predicted octanol–water partition coefficient (Wildman–Crippen LogP) is 3.65. The molecule has 0 bridgehead atoms. The number of aliphatic hydroxyl groups is 4. The molecule has 0 aliphatic rings. The summed E-state index contributed by atoms with van der Waals surface area (Å²) in [6, 6.07) is 0. The van der Waals surface area contributed by atoms with Gasteiger partial charge >= 0.3 is 0 Å². The Hall–Kier alpha value is 0.270. The lowest BCUT2D eigenvalue weighted by molar-refractivity contribution is 0.284. The maximum absolute atomic E-state index is 9.04. The Balaban J connectivity index is 4.62. The monoisotopic (exact) mass is 379 g/mol. The number of hydrogen-bond acceptors (Lipinski definition) is 4. The minimum Gasteiger partial charge on any atom is -0.396 e. The standard InChI is InChI=1S/C20H44O4P/c21-13-5-1-9-17-25(18-10-2-6-14-22,19-11-3-7-15-23)20-12-4-8-16-24/h21-24H,1-20H2/q+1. The zero-order valence-corrected chi connectivity index (χ0v) is 17.3. The van der Waals surface area contributed by atoms with Gasteiger partial charge in [0.1, 0.15) is 0 Å². The van der Waals surface area contributed by atoms with Crippen LogP contribution in [0.3, 0.4) is 0 Å². The summed E-state index contributed by atoms with van der Waals surface area (Å²) in [4.78, 5) is 0. The van der Waals surface area contributed by atoms with E-state index >= 15 is 0 Å². The molecule has 0 spiro atoms. The van der Waals surface area contributed by atoms with E-state index < -0.39 is 7.26 Å². The summed E-state index contributed by atoms with van der Waals surface area (Å²) in [5.41, 5.74) is 0. The lowest BCUT2D eigenvalue weighted by Crippen LogP contribution is -2.13. The molecule has 0 aromatic rings. The molecule has 0 rings (SSSR count). The molecule has 5 heteroatoms. The van der Waals surface area contributed by atoms with Gasteiger partial charge in [-0.2, -0.15) is 0 Å². The van der Waals surface area contributed by atoms with Gasteiger partial charge < -0.3 is 20.4 Å². The largest absolute Gasteiger partial charge is 0.396 e. The molecule has 0 saturated carbocycles. The van der Waals surface area contributed by atoms with Crippen LogP contribution in [-0.4, -0.2) is 71.5 Å². The third kappa shape index (κ3) is 15.1. The van der Waals surface area contributed by atoms with Crippen LogP contribution in [0.25, 0.3) is 0 Å². The van der Waals surface area contributed by atoms with Crippen LogP contribution in [0, 0.1) is 0 Å². The average molecular weight is 380 g/mol. The van der Waals surface area contributed by atoms with Crippen molar-refractivity contribution >= 4 is 7.26 Å². The van der Waals surface area contributed by atoms with Gasteiger partial charge in [0.05, 0.1) is 24.6 Å². The average Bonchev–Trinajstić information content (AvgIpc) is 2.63. The fourth-order valence-electron chi connectivity index (χ4n) is 3.61. The third-order valence-electron chi connectivity index (χ3n) is 5.16. The summed E-state index contributed by atoms with van der Waals surface area (Å²) in [6.07, 6.45) is 18.4. The molecule has 0 fully saturated rings. The smallest absolute Gasteiger partial charge is 0.0594 e. The maximum Gasteiger partial charge on any atom is 0.0594 e. The highest BCUT2D eigenvalue weighted by Gasteiger charge is 2.34. The molecule has 0 aliphatic carbocycles. The molecule has 0 atom stereocenters. The van der Waals surface area contributed by atoms with Crippen LogP contribution in [0.4, 0.5) is 0 Å². The van der Waals surface area contributed by atoms with Gasteiger partial charge in [0.25, 0.3) is 0 Å². The van der Waals surface area contributed by atoms with Gasteiger partial charge in [0.15, 0.2) is 0 Å².